The number of nitrogens with one attached hydrogen (secondary N) is 1. The van der Waals surface area contributed by atoms with Crippen molar-refractivity contribution in [2.45, 2.75) is 84.8 Å². The van der Waals surface area contributed by atoms with E-state index in [0.29, 0.717) is 17.2 Å². The number of ether oxygens (including phenoxy) is 2. The Morgan fingerprint density at radius 2 is 1.85 bits per heavy atom. The van der Waals surface area contributed by atoms with Crippen LogP contribution in [0.1, 0.15) is 89.6 Å². The summed E-state index contributed by atoms with van der Waals surface area (Å²) < 4.78 is 11.7. The zero-order valence-electron chi connectivity index (χ0n) is 21.5. The molecule has 2 atom stereocenters. The topological polar surface area (TPSA) is 77.5 Å². The average Bonchev–Trinajstić information content (AvgIpc) is 2.73. The van der Waals surface area contributed by atoms with Gasteiger partial charge in [0.1, 0.15) is 18.0 Å². The van der Waals surface area contributed by atoms with E-state index in [4.69, 9.17) is 9.47 Å². The highest BCUT2D eigenvalue weighted by Crippen LogP contribution is 2.42. The van der Waals surface area contributed by atoms with Gasteiger partial charge in [-0.05, 0) is 81.3 Å². The molecular weight excluding hydrogens is 428 g/mol. The molecule has 0 fully saturated rings. The predicted octanol–water partition coefficient (Wildman–Crippen LogP) is 6.54. The van der Waals surface area contributed by atoms with E-state index in [2.05, 4.69) is 31.1 Å². The van der Waals surface area contributed by atoms with Crippen LogP contribution in [0.3, 0.4) is 0 Å². The van der Waals surface area contributed by atoms with Crippen LogP contribution in [0.25, 0.3) is 11.1 Å². The van der Waals surface area contributed by atoms with Crippen molar-refractivity contribution in [1.29, 1.82) is 0 Å². The second kappa shape index (κ2) is 10.2. The number of nitrogens with zero attached hydrogens (tertiary/aromatic N) is 1. The molecule has 2 unspecified atom stereocenters. The number of alkyl carbamates (subject to hydrolysis) is 1. The Labute approximate surface area is 203 Å². The largest absolute Gasteiger partial charge is 0.491 e. The molecule has 2 aromatic rings. The average molecular weight is 467 g/mol. The van der Waals surface area contributed by atoms with Gasteiger partial charge in [-0.3, -0.25) is 9.78 Å². The number of carbonyl (C=O) groups excluding carboxylic acids is 2. The molecular formula is C28H38N2O4. The number of amides is 1. The molecule has 1 amide bonds. The molecule has 0 aliphatic heterocycles. The molecule has 1 aliphatic rings. The highest BCUT2D eigenvalue weighted by Gasteiger charge is 2.33. The lowest BCUT2D eigenvalue weighted by Gasteiger charge is -2.33. The molecule has 34 heavy (non-hydrogen) atoms. The molecule has 6 heteroatoms. The summed E-state index contributed by atoms with van der Waals surface area (Å²) in [7, 11) is 0. The van der Waals surface area contributed by atoms with E-state index < -0.39 is 17.2 Å². The van der Waals surface area contributed by atoms with Gasteiger partial charge in [0.05, 0.1) is 5.54 Å². The number of fused-ring (bicyclic) bond motifs is 3. The lowest BCUT2D eigenvalue weighted by Crippen LogP contribution is -2.52. The van der Waals surface area contributed by atoms with E-state index >= 15 is 0 Å². The minimum Gasteiger partial charge on any atom is -0.491 e. The van der Waals surface area contributed by atoms with Gasteiger partial charge in [0, 0.05) is 23.9 Å². The zero-order chi connectivity index (χ0) is 25.1. The van der Waals surface area contributed by atoms with Gasteiger partial charge >= 0.3 is 6.09 Å². The van der Waals surface area contributed by atoms with Crippen LogP contribution in [0, 0.1) is 5.92 Å². The van der Waals surface area contributed by atoms with E-state index in [1.54, 1.807) is 12.4 Å². The first-order valence-corrected chi connectivity index (χ1v) is 12.2. The number of rotatable bonds is 8. The number of hydrogen-bond acceptors (Lipinski definition) is 5. The maximum atomic E-state index is 13.2. The molecule has 1 N–H and O–H groups in total. The molecule has 1 aromatic carbocycles. The highest BCUT2D eigenvalue weighted by molar-refractivity contribution is 6.10. The first-order valence-electron chi connectivity index (χ1n) is 12.2. The summed E-state index contributed by atoms with van der Waals surface area (Å²) in [5, 5.41) is 3.02. The maximum Gasteiger partial charge on any atom is 0.408 e. The standard InChI is InChI=1S/C28H38N2O4/c1-8-9-22-23-14-19(10-11-20(23)21-12-13-29-16-24(21)25(22)31)33-17-28(7,15-18(2)3)30-26(32)34-27(4,5)6/h10-14,16,18,22H,8-9,15,17H2,1-7H3,(H,30,32). The van der Waals surface area contributed by atoms with Crippen LogP contribution >= 0.6 is 0 Å². The van der Waals surface area contributed by atoms with Gasteiger partial charge in [-0.15, -0.1) is 0 Å². The normalized spacial score (nSPS) is 16.9. The minimum absolute atomic E-state index is 0.117. The van der Waals surface area contributed by atoms with Crippen LogP contribution in [-0.2, 0) is 4.74 Å². The first kappa shape index (κ1) is 25.7. The Morgan fingerprint density at radius 1 is 1.12 bits per heavy atom. The summed E-state index contributed by atoms with van der Waals surface area (Å²) in [6, 6.07) is 7.85. The summed E-state index contributed by atoms with van der Waals surface area (Å²) >= 11 is 0. The number of ketones is 1. The van der Waals surface area contributed by atoms with Crippen molar-refractivity contribution in [3.8, 4) is 16.9 Å². The Hall–Kier alpha value is -2.89. The van der Waals surface area contributed by atoms with Gasteiger partial charge in [0.15, 0.2) is 5.78 Å². The smallest absolute Gasteiger partial charge is 0.408 e. The van der Waals surface area contributed by atoms with E-state index in [-0.39, 0.29) is 18.3 Å². The summed E-state index contributed by atoms with van der Waals surface area (Å²) in [4.78, 5) is 29.9. The van der Waals surface area contributed by atoms with Crippen LogP contribution < -0.4 is 10.1 Å². The fourth-order valence-electron chi connectivity index (χ4n) is 4.73. The van der Waals surface area contributed by atoms with Gasteiger partial charge < -0.3 is 14.8 Å². The van der Waals surface area contributed by atoms with Crippen LogP contribution in [0.5, 0.6) is 5.75 Å². The quantitative estimate of drug-likeness (QED) is 0.478. The van der Waals surface area contributed by atoms with Crippen LogP contribution in [0.4, 0.5) is 4.79 Å². The molecule has 3 rings (SSSR count). The number of Topliss-reactive ketones (excluding diaryl/α,β-unsaturated/α-hetero) is 1. The number of carbonyl (C=O) groups is 2. The molecule has 0 saturated heterocycles. The van der Waals surface area contributed by atoms with Crippen molar-refractivity contribution >= 4 is 11.9 Å². The number of hydrogen-bond donors (Lipinski definition) is 1. The number of pyridine rings is 1. The van der Waals surface area contributed by atoms with Gasteiger partial charge in [-0.25, -0.2) is 4.79 Å². The molecule has 0 radical (unpaired) electrons. The summed E-state index contributed by atoms with van der Waals surface area (Å²) in [6.45, 7) is 14.1. The van der Waals surface area contributed by atoms with Crippen molar-refractivity contribution in [1.82, 2.24) is 10.3 Å². The molecule has 6 nitrogen and oxygen atoms in total. The Morgan fingerprint density at radius 3 is 2.50 bits per heavy atom. The molecule has 1 aromatic heterocycles. The van der Waals surface area contributed by atoms with Gasteiger partial charge in [-0.2, -0.15) is 0 Å². The van der Waals surface area contributed by atoms with Gasteiger partial charge in [0.25, 0.3) is 0 Å². The zero-order valence-corrected chi connectivity index (χ0v) is 21.5. The molecule has 184 valence electrons. The monoisotopic (exact) mass is 466 g/mol. The summed E-state index contributed by atoms with van der Waals surface area (Å²) in [5.41, 5.74) is 2.48. The van der Waals surface area contributed by atoms with Crippen molar-refractivity contribution in [3.05, 3.63) is 47.8 Å². The third-order valence-corrected chi connectivity index (χ3v) is 5.89. The lowest BCUT2D eigenvalue weighted by atomic mass is 9.76. The SMILES string of the molecule is CCCC1C(=O)c2cnccc2-c2ccc(OCC(C)(CC(C)C)NC(=O)OC(C)(C)C)cc21. The van der Waals surface area contributed by atoms with Crippen LogP contribution in [0.15, 0.2) is 36.7 Å². The molecule has 0 spiro atoms. The first-order chi connectivity index (χ1) is 15.9. The Bertz CT molecular complexity index is 1040. The second-order valence-electron chi connectivity index (χ2n) is 11.0. The van der Waals surface area contributed by atoms with E-state index in [9.17, 15) is 9.59 Å². The van der Waals surface area contributed by atoms with Crippen LogP contribution in [0.2, 0.25) is 0 Å². The summed E-state index contributed by atoms with van der Waals surface area (Å²) in [5.74, 6) is 0.947. The molecule has 1 aliphatic carbocycles. The highest BCUT2D eigenvalue weighted by atomic mass is 16.6. The number of benzene rings is 1. The van der Waals surface area contributed by atoms with E-state index in [0.717, 1.165) is 36.0 Å². The third kappa shape index (κ3) is 6.16. The van der Waals surface area contributed by atoms with Crippen molar-refractivity contribution < 1.29 is 19.1 Å². The Kier molecular flexibility index (Phi) is 7.69. The fourth-order valence-corrected chi connectivity index (χ4v) is 4.73. The van der Waals surface area contributed by atoms with Gasteiger partial charge in [-0.1, -0.05) is 33.3 Å². The molecule has 0 saturated carbocycles. The Balaban J connectivity index is 1.85. The fraction of sp³-hybridized carbons (Fsp3) is 0.536. The lowest BCUT2D eigenvalue weighted by molar-refractivity contribution is 0.0407. The molecule has 0 bridgehead atoms. The predicted molar refractivity (Wildman–Crippen MR) is 134 cm³/mol. The van der Waals surface area contributed by atoms with Crippen LogP contribution in [-0.4, -0.2) is 34.6 Å². The summed E-state index contributed by atoms with van der Waals surface area (Å²) in [6.07, 6.45) is 5.35. The maximum absolute atomic E-state index is 13.2. The van der Waals surface area contributed by atoms with Crippen molar-refractivity contribution in [3.63, 3.8) is 0 Å². The van der Waals surface area contributed by atoms with Gasteiger partial charge in [0.2, 0.25) is 0 Å². The van der Waals surface area contributed by atoms with E-state index in [1.807, 2.05) is 52.0 Å². The van der Waals surface area contributed by atoms with Crippen molar-refractivity contribution in [2.75, 3.05) is 6.61 Å². The minimum atomic E-state index is -0.608. The van der Waals surface area contributed by atoms with Crippen molar-refractivity contribution in [2.24, 2.45) is 5.92 Å². The second-order valence-corrected chi connectivity index (χ2v) is 11.0. The van der Waals surface area contributed by atoms with E-state index in [1.165, 1.54) is 0 Å². The number of aromatic nitrogens is 1. The molecule has 1 heterocycles. The third-order valence-electron chi connectivity index (χ3n) is 5.89.